The SMILES string of the molecule is C#CC.C=CCN1/C=C(/C)CC2=C(CCC=C2)NC(=O)C1. The van der Waals surface area contributed by atoms with Gasteiger partial charge in [0.25, 0.3) is 0 Å². The number of nitrogens with one attached hydrogen (secondary N) is 1. The Morgan fingerprint density at radius 3 is 2.95 bits per heavy atom. The first-order valence-corrected chi connectivity index (χ1v) is 7.18. The van der Waals surface area contributed by atoms with Crippen molar-refractivity contribution in [1.82, 2.24) is 10.2 Å². The summed E-state index contributed by atoms with van der Waals surface area (Å²) in [6.07, 6.45) is 15.7. The fraction of sp³-hybridized carbons (Fsp3) is 0.389. The van der Waals surface area contributed by atoms with Crippen molar-refractivity contribution < 1.29 is 4.79 Å². The van der Waals surface area contributed by atoms with Crippen LogP contribution in [0.15, 0.2) is 47.9 Å². The Kier molecular flexibility index (Phi) is 7.11. The van der Waals surface area contributed by atoms with E-state index in [4.69, 9.17) is 0 Å². The second-order valence-corrected chi connectivity index (χ2v) is 5.15. The van der Waals surface area contributed by atoms with E-state index in [1.54, 1.807) is 6.92 Å². The Morgan fingerprint density at radius 2 is 2.29 bits per heavy atom. The summed E-state index contributed by atoms with van der Waals surface area (Å²) in [7, 11) is 0. The van der Waals surface area contributed by atoms with Crippen LogP contribution in [0.1, 0.15) is 33.1 Å². The van der Waals surface area contributed by atoms with E-state index in [9.17, 15) is 4.79 Å². The Balaban J connectivity index is 0.000000677. The van der Waals surface area contributed by atoms with Crippen molar-refractivity contribution in [3.63, 3.8) is 0 Å². The Bertz CT molecular complexity index is 518. The van der Waals surface area contributed by atoms with Crippen molar-refractivity contribution in [1.29, 1.82) is 0 Å². The van der Waals surface area contributed by atoms with Crippen LogP contribution < -0.4 is 5.32 Å². The summed E-state index contributed by atoms with van der Waals surface area (Å²) in [5, 5.41) is 3.05. The number of hydrogen-bond donors (Lipinski definition) is 1. The van der Waals surface area contributed by atoms with E-state index in [2.05, 4.69) is 49.5 Å². The highest BCUT2D eigenvalue weighted by Crippen LogP contribution is 2.23. The van der Waals surface area contributed by atoms with E-state index in [-0.39, 0.29) is 5.91 Å². The maximum atomic E-state index is 12.0. The maximum absolute atomic E-state index is 12.0. The second-order valence-electron chi connectivity index (χ2n) is 5.15. The van der Waals surface area contributed by atoms with Gasteiger partial charge in [-0.1, -0.05) is 23.8 Å². The summed E-state index contributed by atoms with van der Waals surface area (Å²) in [6.45, 7) is 8.59. The Hall–Kier alpha value is -2.21. The molecule has 0 bridgehead atoms. The van der Waals surface area contributed by atoms with Gasteiger partial charge in [0.05, 0.1) is 6.54 Å². The summed E-state index contributed by atoms with van der Waals surface area (Å²) in [5.41, 5.74) is 3.60. The highest BCUT2D eigenvalue weighted by molar-refractivity contribution is 5.80. The quantitative estimate of drug-likeness (QED) is 0.624. The summed E-state index contributed by atoms with van der Waals surface area (Å²) in [6, 6.07) is 0. The molecule has 1 N–H and O–H groups in total. The number of carbonyl (C=O) groups excluding carboxylic acids is 1. The molecule has 0 aromatic rings. The van der Waals surface area contributed by atoms with E-state index in [0.717, 1.165) is 25.0 Å². The molecule has 0 unspecified atom stereocenters. The van der Waals surface area contributed by atoms with Crippen LogP contribution >= 0.6 is 0 Å². The van der Waals surface area contributed by atoms with E-state index in [1.807, 2.05) is 11.0 Å². The molecule has 1 amide bonds. The summed E-state index contributed by atoms with van der Waals surface area (Å²) in [4.78, 5) is 14.0. The molecule has 0 atom stereocenters. The fourth-order valence-corrected chi connectivity index (χ4v) is 2.40. The number of rotatable bonds is 2. The Morgan fingerprint density at radius 1 is 1.57 bits per heavy atom. The molecular formula is C18H24N2O. The number of terminal acetylenes is 1. The number of carbonyl (C=O) groups is 1. The lowest BCUT2D eigenvalue weighted by molar-refractivity contribution is -0.120. The molecule has 1 aliphatic carbocycles. The number of amides is 1. The van der Waals surface area contributed by atoms with Crippen LogP contribution in [0.25, 0.3) is 0 Å². The van der Waals surface area contributed by atoms with Gasteiger partial charge in [-0.15, -0.1) is 18.9 Å². The molecule has 112 valence electrons. The van der Waals surface area contributed by atoms with E-state index < -0.39 is 0 Å². The van der Waals surface area contributed by atoms with Gasteiger partial charge in [0.1, 0.15) is 0 Å². The first-order valence-electron chi connectivity index (χ1n) is 7.18. The van der Waals surface area contributed by atoms with Crippen molar-refractivity contribution in [3.8, 4) is 12.3 Å². The van der Waals surface area contributed by atoms with E-state index in [0.29, 0.717) is 13.1 Å². The van der Waals surface area contributed by atoms with Gasteiger partial charge in [0, 0.05) is 12.2 Å². The molecule has 3 nitrogen and oxygen atoms in total. The first kappa shape index (κ1) is 16.8. The number of nitrogens with zero attached hydrogens (tertiary/aromatic N) is 1. The van der Waals surface area contributed by atoms with Gasteiger partial charge in [-0.3, -0.25) is 4.79 Å². The van der Waals surface area contributed by atoms with Gasteiger partial charge in [-0.05, 0) is 44.9 Å². The molecule has 0 radical (unpaired) electrons. The van der Waals surface area contributed by atoms with Crippen molar-refractivity contribution >= 4 is 5.91 Å². The summed E-state index contributed by atoms with van der Waals surface area (Å²) < 4.78 is 0. The molecule has 0 fully saturated rings. The standard InChI is InChI=1S/C15H20N2O.C3H4/c1-3-8-17-10-12(2)9-13-6-4-5-7-14(13)16-15(18)11-17;1-3-2/h3-4,6,10H,1,5,7-9,11H2,2H3,(H,16,18);1H,2H3/b12-10-;. The normalized spacial score (nSPS) is 20.3. The van der Waals surface area contributed by atoms with Crippen LogP contribution in [0.4, 0.5) is 0 Å². The van der Waals surface area contributed by atoms with Crippen molar-refractivity contribution in [2.75, 3.05) is 13.1 Å². The van der Waals surface area contributed by atoms with Gasteiger partial charge in [0.2, 0.25) is 5.91 Å². The molecule has 0 spiro atoms. The third-order valence-corrected chi connectivity index (χ3v) is 3.14. The van der Waals surface area contributed by atoms with Gasteiger partial charge in [0.15, 0.2) is 0 Å². The molecule has 2 rings (SSSR count). The molecule has 3 heteroatoms. The minimum absolute atomic E-state index is 0.0607. The highest BCUT2D eigenvalue weighted by Gasteiger charge is 2.16. The lowest BCUT2D eigenvalue weighted by atomic mass is 9.98. The fourth-order valence-electron chi connectivity index (χ4n) is 2.40. The molecule has 0 aromatic carbocycles. The van der Waals surface area contributed by atoms with E-state index in [1.165, 1.54) is 11.1 Å². The molecule has 1 heterocycles. The number of hydrogen-bond acceptors (Lipinski definition) is 2. The zero-order chi connectivity index (χ0) is 15.7. The lowest BCUT2D eigenvalue weighted by Crippen LogP contribution is -2.34. The molecule has 0 saturated heterocycles. The van der Waals surface area contributed by atoms with Crippen LogP contribution in [-0.4, -0.2) is 23.9 Å². The summed E-state index contributed by atoms with van der Waals surface area (Å²) >= 11 is 0. The smallest absolute Gasteiger partial charge is 0.243 e. The predicted octanol–water partition coefficient (Wildman–Crippen LogP) is 3.14. The predicted molar refractivity (Wildman–Crippen MR) is 88.2 cm³/mol. The summed E-state index contributed by atoms with van der Waals surface area (Å²) in [5.74, 6) is 2.31. The molecule has 21 heavy (non-hydrogen) atoms. The maximum Gasteiger partial charge on any atom is 0.243 e. The van der Waals surface area contributed by atoms with Crippen LogP contribution in [0, 0.1) is 12.3 Å². The van der Waals surface area contributed by atoms with Crippen LogP contribution in [0.5, 0.6) is 0 Å². The van der Waals surface area contributed by atoms with Gasteiger partial charge in [-0.2, -0.15) is 0 Å². The first-order chi connectivity index (χ1) is 10.1. The Labute approximate surface area is 128 Å². The molecule has 2 aliphatic rings. The molecule has 0 saturated carbocycles. The highest BCUT2D eigenvalue weighted by atomic mass is 16.2. The minimum Gasteiger partial charge on any atom is -0.365 e. The zero-order valence-electron chi connectivity index (χ0n) is 13.0. The van der Waals surface area contributed by atoms with Crippen molar-refractivity contribution in [3.05, 3.63) is 47.9 Å². The third kappa shape index (κ3) is 5.74. The van der Waals surface area contributed by atoms with Gasteiger partial charge in [-0.25, -0.2) is 0 Å². The minimum atomic E-state index is 0.0607. The number of allylic oxidation sites excluding steroid dienone is 5. The molecule has 1 aliphatic heterocycles. The van der Waals surface area contributed by atoms with Crippen LogP contribution in [0.3, 0.4) is 0 Å². The van der Waals surface area contributed by atoms with Crippen molar-refractivity contribution in [2.45, 2.75) is 33.1 Å². The van der Waals surface area contributed by atoms with Crippen LogP contribution in [-0.2, 0) is 4.79 Å². The monoisotopic (exact) mass is 284 g/mol. The largest absolute Gasteiger partial charge is 0.365 e. The van der Waals surface area contributed by atoms with E-state index >= 15 is 0 Å². The zero-order valence-corrected chi connectivity index (χ0v) is 13.0. The van der Waals surface area contributed by atoms with Gasteiger partial charge < -0.3 is 10.2 Å². The molecule has 0 aromatic heterocycles. The van der Waals surface area contributed by atoms with Gasteiger partial charge >= 0.3 is 0 Å². The van der Waals surface area contributed by atoms with Crippen LogP contribution in [0.2, 0.25) is 0 Å². The second kappa shape index (κ2) is 8.86. The third-order valence-electron chi connectivity index (χ3n) is 3.14. The average molecular weight is 284 g/mol. The average Bonchev–Trinajstić information content (AvgIpc) is 2.46. The lowest BCUT2D eigenvalue weighted by Gasteiger charge is -2.18. The topological polar surface area (TPSA) is 32.3 Å². The molecular weight excluding hydrogens is 260 g/mol. The van der Waals surface area contributed by atoms with Crippen molar-refractivity contribution in [2.24, 2.45) is 0 Å².